The predicted molar refractivity (Wildman–Crippen MR) is 120 cm³/mol. The second-order valence-electron chi connectivity index (χ2n) is 8.07. The number of aryl methyl sites for hydroxylation is 3. The first-order valence-electron chi connectivity index (χ1n) is 10.5. The molecule has 2 aliphatic carbocycles. The molecule has 0 atom stereocenters. The van der Waals surface area contributed by atoms with Crippen molar-refractivity contribution in [1.29, 1.82) is 0 Å². The summed E-state index contributed by atoms with van der Waals surface area (Å²) in [5.41, 5.74) is 12.8. The molecule has 0 heteroatoms. The average molecular weight is 363 g/mol. The molecule has 0 unspecified atom stereocenters. The normalized spacial score (nSPS) is 14.1. The van der Waals surface area contributed by atoms with Crippen LogP contribution in [0.15, 0.2) is 66.7 Å². The fourth-order valence-electron chi connectivity index (χ4n) is 4.40. The molecule has 0 saturated carbocycles. The molecule has 0 aliphatic heterocycles. The van der Waals surface area contributed by atoms with E-state index >= 15 is 0 Å². The highest BCUT2D eigenvalue weighted by Gasteiger charge is 2.16. The minimum absolute atomic E-state index is 1.05. The van der Waals surface area contributed by atoms with Crippen molar-refractivity contribution >= 4 is 17.7 Å². The Morgan fingerprint density at radius 2 is 1.46 bits per heavy atom. The fourth-order valence-corrected chi connectivity index (χ4v) is 4.40. The molecule has 0 amide bonds. The van der Waals surface area contributed by atoms with Gasteiger partial charge in [-0.15, -0.1) is 0 Å². The van der Waals surface area contributed by atoms with Crippen molar-refractivity contribution in [2.75, 3.05) is 0 Å². The second-order valence-corrected chi connectivity index (χ2v) is 8.07. The van der Waals surface area contributed by atoms with Gasteiger partial charge >= 0.3 is 0 Å². The largest absolute Gasteiger partial charge is 0.0795 e. The summed E-state index contributed by atoms with van der Waals surface area (Å²) >= 11 is 0. The highest BCUT2D eigenvalue weighted by molar-refractivity contribution is 5.89. The highest BCUT2D eigenvalue weighted by atomic mass is 14.2. The zero-order valence-electron chi connectivity index (χ0n) is 16.5. The van der Waals surface area contributed by atoms with Crippen LogP contribution in [-0.2, 0) is 32.1 Å². The van der Waals surface area contributed by atoms with Crippen LogP contribution < -0.4 is 0 Å². The van der Waals surface area contributed by atoms with Crippen LogP contribution in [0.4, 0.5) is 0 Å². The Morgan fingerprint density at radius 1 is 0.714 bits per heavy atom. The molecule has 0 bridgehead atoms. The van der Waals surface area contributed by atoms with Crippen molar-refractivity contribution in [1.82, 2.24) is 0 Å². The van der Waals surface area contributed by atoms with E-state index in [1.165, 1.54) is 50.1 Å². The van der Waals surface area contributed by atoms with Gasteiger partial charge in [-0.25, -0.2) is 0 Å². The molecule has 5 rings (SSSR count). The maximum atomic E-state index is 2.40. The molecule has 0 aromatic heterocycles. The van der Waals surface area contributed by atoms with Gasteiger partial charge in [0.2, 0.25) is 0 Å². The number of benzene rings is 3. The first-order valence-corrected chi connectivity index (χ1v) is 10.5. The lowest BCUT2D eigenvalue weighted by atomic mass is 9.98. The Bertz CT molecular complexity index is 1080. The zero-order chi connectivity index (χ0) is 18.9. The molecule has 0 N–H and O–H groups in total. The number of hydrogen-bond acceptors (Lipinski definition) is 0. The molecule has 0 saturated heterocycles. The van der Waals surface area contributed by atoms with Gasteiger partial charge in [0.25, 0.3) is 0 Å². The van der Waals surface area contributed by atoms with E-state index in [1.54, 1.807) is 0 Å². The number of fused-ring (bicyclic) bond motifs is 2. The maximum absolute atomic E-state index is 2.40. The zero-order valence-corrected chi connectivity index (χ0v) is 16.5. The van der Waals surface area contributed by atoms with Crippen LogP contribution in [0.5, 0.6) is 0 Å². The summed E-state index contributed by atoms with van der Waals surface area (Å²) in [6.07, 6.45) is 12.4. The van der Waals surface area contributed by atoms with E-state index in [2.05, 4.69) is 85.8 Å². The van der Waals surface area contributed by atoms with E-state index in [0.717, 1.165) is 32.1 Å². The van der Waals surface area contributed by atoms with Crippen LogP contribution in [0.3, 0.4) is 0 Å². The van der Waals surface area contributed by atoms with Crippen molar-refractivity contribution in [3.63, 3.8) is 0 Å². The first-order chi connectivity index (χ1) is 13.8. The van der Waals surface area contributed by atoms with Gasteiger partial charge in [0.05, 0.1) is 0 Å². The van der Waals surface area contributed by atoms with Crippen LogP contribution in [0.25, 0.3) is 17.7 Å². The van der Waals surface area contributed by atoms with Crippen molar-refractivity contribution in [2.24, 2.45) is 0 Å². The summed E-state index contributed by atoms with van der Waals surface area (Å²) in [6, 6.07) is 23.1. The van der Waals surface area contributed by atoms with Gasteiger partial charge in [-0.2, -0.15) is 0 Å². The molecule has 138 valence electrons. The molecule has 0 fully saturated rings. The summed E-state index contributed by atoms with van der Waals surface area (Å²) in [5.74, 6) is 0. The predicted octanol–water partition coefficient (Wildman–Crippen LogP) is 6.70. The van der Waals surface area contributed by atoms with E-state index in [1.807, 2.05) is 0 Å². The molecule has 28 heavy (non-hydrogen) atoms. The lowest BCUT2D eigenvalue weighted by molar-refractivity contribution is 0.955. The van der Waals surface area contributed by atoms with Gasteiger partial charge in [-0.1, -0.05) is 79.7 Å². The number of hydrogen-bond donors (Lipinski definition) is 0. The van der Waals surface area contributed by atoms with Crippen molar-refractivity contribution < 1.29 is 0 Å². The molecular formula is C28H26. The van der Waals surface area contributed by atoms with Crippen molar-refractivity contribution in [2.45, 2.75) is 39.0 Å². The topological polar surface area (TPSA) is 0 Å². The van der Waals surface area contributed by atoms with E-state index in [9.17, 15) is 0 Å². The third-order valence-corrected chi connectivity index (χ3v) is 6.21. The molecular weight excluding hydrogens is 336 g/mol. The standard InChI is InChI=1S/C28H26/c1-2-20-6-8-21(9-7-20)10-11-22-12-13-25-18-28(19-27(25)16-22)26-15-14-23-4-3-5-24(23)17-26/h3,5-9,12-17,19H,2,4,10-11,18H2,1H3. The van der Waals surface area contributed by atoms with Crippen LogP contribution >= 0.6 is 0 Å². The molecule has 2 aliphatic rings. The van der Waals surface area contributed by atoms with Gasteiger partial charge in [0, 0.05) is 0 Å². The number of rotatable bonds is 5. The third kappa shape index (κ3) is 3.36. The Kier molecular flexibility index (Phi) is 4.49. The Hall–Kier alpha value is -2.86. The lowest BCUT2D eigenvalue weighted by Crippen LogP contribution is -1.93. The van der Waals surface area contributed by atoms with Gasteiger partial charge < -0.3 is 0 Å². The second kappa shape index (κ2) is 7.28. The fraction of sp³-hybridized carbons (Fsp3) is 0.214. The average Bonchev–Trinajstić information content (AvgIpc) is 3.38. The van der Waals surface area contributed by atoms with Crippen LogP contribution in [0, 0.1) is 0 Å². The minimum Gasteiger partial charge on any atom is -0.0795 e. The monoisotopic (exact) mass is 362 g/mol. The van der Waals surface area contributed by atoms with Crippen LogP contribution in [0.2, 0.25) is 0 Å². The molecule has 0 nitrogen and oxygen atoms in total. The lowest BCUT2D eigenvalue weighted by Gasteiger charge is -2.06. The summed E-state index contributed by atoms with van der Waals surface area (Å²) in [6.45, 7) is 2.21. The SMILES string of the molecule is CCc1ccc(CCc2ccc3c(c2)C=C(c2ccc4c(c2)C=CC4)C3)cc1. The molecule has 0 radical (unpaired) electrons. The van der Waals surface area contributed by atoms with Crippen LogP contribution in [0.1, 0.15) is 51.4 Å². The van der Waals surface area contributed by atoms with E-state index in [-0.39, 0.29) is 0 Å². The summed E-state index contributed by atoms with van der Waals surface area (Å²) in [5, 5.41) is 0. The number of allylic oxidation sites excluding steroid dienone is 2. The summed E-state index contributed by atoms with van der Waals surface area (Å²) in [4.78, 5) is 0. The van der Waals surface area contributed by atoms with Gasteiger partial charge in [0.15, 0.2) is 0 Å². The smallest absolute Gasteiger partial charge is 0.00137 e. The van der Waals surface area contributed by atoms with Gasteiger partial charge in [-0.3, -0.25) is 0 Å². The Morgan fingerprint density at radius 3 is 2.32 bits per heavy atom. The maximum Gasteiger partial charge on any atom is -0.00137 e. The summed E-state index contributed by atoms with van der Waals surface area (Å²) in [7, 11) is 0. The Balaban J connectivity index is 1.32. The molecule has 3 aromatic carbocycles. The van der Waals surface area contributed by atoms with Crippen LogP contribution in [-0.4, -0.2) is 0 Å². The Labute approximate surface area is 168 Å². The summed E-state index contributed by atoms with van der Waals surface area (Å²) < 4.78 is 0. The van der Waals surface area contributed by atoms with Gasteiger partial charge in [-0.05, 0) is 88.3 Å². The minimum atomic E-state index is 1.05. The van der Waals surface area contributed by atoms with Crippen molar-refractivity contribution in [3.8, 4) is 0 Å². The molecule has 0 spiro atoms. The first kappa shape index (κ1) is 17.3. The third-order valence-electron chi connectivity index (χ3n) is 6.21. The highest BCUT2D eigenvalue weighted by Crippen LogP contribution is 2.34. The molecule has 0 heterocycles. The van der Waals surface area contributed by atoms with Crippen molar-refractivity contribution in [3.05, 3.63) is 111 Å². The van der Waals surface area contributed by atoms with E-state index in [0.29, 0.717) is 0 Å². The molecule has 3 aromatic rings. The van der Waals surface area contributed by atoms with Gasteiger partial charge in [0.1, 0.15) is 0 Å². The van der Waals surface area contributed by atoms with E-state index < -0.39 is 0 Å². The quantitative estimate of drug-likeness (QED) is 0.474. The van der Waals surface area contributed by atoms with E-state index in [4.69, 9.17) is 0 Å².